The molecule has 0 aliphatic rings. The summed E-state index contributed by atoms with van der Waals surface area (Å²) in [4.78, 5) is 18.9. The minimum atomic E-state index is -1.04. The van der Waals surface area contributed by atoms with Crippen molar-refractivity contribution in [1.82, 2.24) is 5.32 Å². The predicted octanol–water partition coefficient (Wildman–Crippen LogP) is -0.530. The molecule has 0 aromatic heterocycles. The third-order valence-electron chi connectivity index (χ3n) is 0.625. The first kappa shape index (κ1) is 12.6. The highest BCUT2D eigenvalue weighted by molar-refractivity contribution is 5.71. The number of carbonyl (C=O) groups is 2. The maximum atomic E-state index is 9.54. The van der Waals surface area contributed by atoms with E-state index in [4.69, 9.17) is 5.11 Å². The van der Waals surface area contributed by atoms with E-state index in [2.05, 4.69) is 4.74 Å². The van der Waals surface area contributed by atoms with Gasteiger partial charge in [0.2, 0.25) is 6.41 Å². The van der Waals surface area contributed by atoms with E-state index in [0.717, 1.165) is 6.61 Å². The fourth-order valence-electron chi connectivity index (χ4n) is 0.129. The zero-order chi connectivity index (χ0) is 9.11. The van der Waals surface area contributed by atoms with E-state index in [1.165, 1.54) is 0 Å². The number of carbonyl (C=O) groups excluding carboxylic acids is 1. The number of methoxy groups -OCH3 is 1. The van der Waals surface area contributed by atoms with E-state index in [1.54, 1.807) is 7.11 Å². The Hall–Kier alpha value is -1.10. The van der Waals surface area contributed by atoms with Gasteiger partial charge in [0.15, 0.2) is 0 Å². The Labute approximate surface area is 65.4 Å². The maximum absolute atomic E-state index is 9.54. The summed E-state index contributed by atoms with van der Waals surface area (Å²) in [7, 11) is 1.68. The lowest BCUT2D eigenvalue weighted by atomic mass is 10.7. The highest BCUT2D eigenvalue weighted by Crippen LogP contribution is 1.52. The minimum absolute atomic E-state index is 0.302. The smallest absolute Gasteiger partial charge is 0.322 e. The third-order valence-corrected chi connectivity index (χ3v) is 0.625. The van der Waals surface area contributed by atoms with Gasteiger partial charge in [-0.2, -0.15) is 0 Å². The van der Waals surface area contributed by atoms with Crippen LogP contribution in [-0.4, -0.2) is 37.7 Å². The van der Waals surface area contributed by atoms with Gasteiger partial charge in [-0.05, 0) is 6.92 Å². The molecule has 66 valence electrons. The molecular weight excluding hydrogens is 150 g/mol. The summed E-state index contributed by atoms with van der Waals surface area (Å²) in [5.41, 5.74) is 0. The summed E-state index contributed by atoms with van der Waals surface area (Å²) < 4.78 is 4.54. The highest BCUT2D eigenvalue weighted by Gasteiger charge is 1.88. The second-order valence-corrected chi connectivity index (χ2v) is 1.47. The number of rotatable bonds is 4. The molecule has 5 heteroatoms. The Kier molecular flexibility index (Phi) is 13.3. The van der Waals surface area contributed by atoms with Crippen LogP contribution in [0.5, 0.6) is 0 Å². The minimum Gasteiger partial charge on any atom is -0.480 e. The molecule has 11 heavy (non-hydrogen) atoms. The van der Waals surface area contributed by atoms with Crippen LogP contribution in [0, 0.1) is 0 Å². The molecule has 0 aromatic carbocycles. The molecule has 0 heterocycles. The lowest BCUT2D eigenvalue weighted by Gasteiger charge is -1.85. The molecule has 0 rings (SSSR count). The van der Waals surface area contributed by atoms with E-state index in [1.807, 2.05) is 12.2 Å². The Morgan fingerprint density at radius 2 is 2.18 bits per heavy atom. The second kappa shape index (κ2) is 11.7. The first-order valence-electron chi connectivity index (χ1n) is 3.06. The van der Waals surface area contributed by atoms with E-state index >= 15 is 0 Å². The van der Waals surface area contributed by atoms with Crippen LogP contribution in [0.25, 0.3) is 0 Å². The Morgan fingerprint density at radius 3 is 2.27 bits per heavy atom. The summed E-state index contributed by atoms with van der Waals surface area (Å²) >= 11 is 0. The second-order valence-electron chi connectivity index (χ2n) is 1.47. The van der Waals surface area contributed by atoms with Gasteiger partial charge in [0.1, 0.15) is 6.54 Å². The number of carboxylic acid groups (broad SMARTS) is 1. The monoisotopic (exact) mass is 163 g/mol. The first-order valence-corrected chi connectivity index (χ1v) is 3.06. The van der Waals surface area contributed by atoms with Gasteiger partial charge in [0, 0.05) is 13.7 Å². The van der Waals surface area contributed by atoms with Gasteiger partial charge >= 0.3 is 5.97 Å². The Bertz CT molecular complexity index is 103. The summed E-state index contributed by atoms with van der Waals surface area (Å²) in [6, 6.07) is 0. The molecule has 0 bridgehead atoms. The van der Waals surface area contributed by atoms with Crippen molar-refractivity contribution in [3.8, 4) is 0 Å². The number of hydrogen-bond donors (Lipinski definition) is 2. The van der Waals surface area contributed by atoms with Crippen molar-refractivity contribution in [2.24, 2.45) is 0 Å². The van der Waals surface area contributed by atoms with Crippen LogP contribution in [-0.2, 0) is 14.3 Å². The fraction of sp³-hybridized carbons (Fsp3) is 0.667. The van der Waals surface area contributed by atoms with Crippen LogP contribution in [0.3, 0.4) is 0 Å². The van der Waals surface area contributed by atoms with Gasteiger partial charge in [0.05, 0.1) is 0 Å². The largest absolute Gasteiger partial charge is 0.480 e. The van der Waals surface area contributed by atoms with Crippen molar-refractivity contribution in [3.05, 3.63) is 0 Å². The van der Waals surface area contributed by atoms with Crippen LogP contribution < -0.4 is 5.32 Å². The van der Waals surface area contributed by atoms with Gasteiger partial charge in [-0.3, -0.25) is 9.59 Å². The molecule has 0 unspecified atom stereocenters. The normalized spacial score (nSPS) is 7.45. The van der Waals surface area contributed by atoms with Crippen molar-refractivity contribution in [1.29, 1.82) is 0 Å². The van der Waals surface area contributed by atoms with Gasteiger partial charge in [-0.1, -0.05) is 0 Å². The molecule has 0 radical (unpaired) electrons. The fourth-order valence-corrected chi connectivity index (χ4v) is 0.129. The van der Waals surface area contributed by atoms with Crippen molar-refractivity contribution >= 4 is 12.4 Å². The highest BCUT2D eigenvalue weighted by atomic mass is 16.5. The molecule has 1 amide bonds. The molecule has 0 aliphatic heterocycles. The maximum Gasteiger partial charge on any atom is 0.322 e. The first-order chi connectivity index (χ1) is 5.18. The molecule has 2 N–H and O–H groups in total. The van der Waals surface area contributed by atoms with Crippen molar-refractivity contribution in [2.75, 3.05) is 20.3 Å². The molecule has 0 aromatic rings. The molecule has 0 fully saturated rings. The quantitative estimate of drug-likeness (QED) is 0.546. The number of ether oxygens (including phenoxy) is 1. The zero-order valence-corrected chi connectivity index (χ0v) is 6.66. The number of carboxylic acids is 1. The summed E-state index contributed by atoms with van der Waals surface area (Å²) in [5.74, 6) is -1.04. The van der Waals surface area contributed by atoms with Gasteiger partial charge < -0.3 is 15.2 Å². The van der Waals surface area contributed by atoms with E-state index < -0.39 is 5.97 Å². The lowest BCUT2D eigenvalue weighted by Crippen LogP contribution is -2.20. The number of hydrogen-bond acceptors (Lipinski definition) is 3. The molecule has 0 spiro atoms. The molecule has 5 nitrogen and oxygen atoms in total. The topological polar surface area (TPSA) is 75.6 Å². The standard InChI is InChI=1S/C3H5NO3.C3H8O/c5-2-4-1-3(6)7;1-3-4-2/h2H,1H2,(H,4,5)(H,6,7);3H2,1-2H3. The van der Waals surface area contributed by atoms with E-state index in [9.17, 15) is 9.59 Å². The average molecular weight is 163 g/mol. The SMILES string of the molecule is CCOC.O=CNCC(=O)O. The number of amides is 1. The van der Waals surface area contributed by atoms with Crippen molar-refractivity contribution in [2.45, 2.75) is 6.92 Å². The van der Waals surface area contributed by atoms with Gasteiger partial charge in [0.25, 0.3) is 0 Å². The number of aliphatic carboxylic acids is 1. The van der Waals surface area contributed by atoms with Crippen molar-refractivity contribution < 1.29 is 19.4 Å². The Balaban J connectivity index is 0. The predicted molar refractivity (Wildman–Crippen MR) is 39.3 cm³/mol. The van der Waals surface area contributed by atoms with Crippen LogP contribution in [0.15, 0.2) is 0 Å². The van der Waals surface area contributed by atoms with Crippen LogP contribution in [0.1, 0.15) is 6.92 Å². The van der Waals surface area contributed by atoms with Gasteiger partial charge in [-0.15, -0.1) is 0 Å². The number of nitrogens with one attached hydrogen (secondary N) is 1. The summed E-state index contributed by atoms with van der Waals surface area (Å²) in [6.45, 7) is 2.48. The molecule has 0 aliphatic carbocycles. The van der Waals surface area contributed by atoms with Crippen LogP contribution in [0.2, 0.25) is 0 Å². The van der Waals surface area contributed by atoms with Crippen LogP contribution >= 0.6 is 0 Å². The van der Waals surface area contributed by atoms with Crippen molar-refractivity contribution in [3.63, 3.8) is 0 Å². The molecule has 0 saturated heterocycles. The summed E-state index contributed by atoms with van der Waals surface area (Å²) in [5, 5.41) is 9.79. The molecule has 0 saturated carbocycles. The van der Waals surface area contributed by atoms with Gasteiger partial charge in [-0.25, -0.2) is 0 Å². The zero-order valence-electron chi connectivity index (χ0n) is 6.66. The molecular formula is C6H13NO4. The van der Waals surface area contributed by atoms with Crippen LogP contribution in [0.4, 0.5) is 0 Å². The third kappa shape index (κ3) is 27.9. The van der Waals surface area contributed by atoms with E-state index in [0.29, 0.717) is 6.41 Å². The molecule has 0 atom stereocenters. The average Bonchev–Trinajstić information content (AvgIpc) is 2.01. The summed E-state index contributed by atoms with van der Waals surface area (Å²) in [6.07, 6.45) is 0.341. The van der Waals surface area contributed by atoms with E-state index in [-0.39, 0.29) is 6.54 Å². The Morgan fingerprint density at radius 1 is 1.73 bits per heavy atom. The lowest BCUT2D eigenvalue weighted by molar-refractivity contribution is -0.136.